The van der Waals surface area contributed by atoms with Gasteiger partial charge in [-0.2, -0.15) is 0 Å². The number of hydrogen-bond acceptors (Lipinski definition) is 3. The van der Waals surface area contributed by atoms with Crippen molar-refractivity contribution in [1.29, 1.82) is 0 Å². The summed E-state index contributed by atoms with van der Waals surface area (Å²) in [4.78, 5) is 35.0. The predicted molar refractivity (Wildman–Crippen MR) is 63.1 cm³/mol. The number of rotatable bonds is 3. The second-order valence-electron chi connectivity index (χ2n) is 4.16. The van der Waals surface area contributed by atoms with E-state index in [-0.39, 0.29) is 24.4 Å². The fraction of sp³-hybridized carbons (Fsp3) is 0.250. The van der Waals surface area contributed by atoms with E-state index >= 15 is 0 Å². The monoisotopic (exact) mass is 248 g/mol. The Labute approximate surface area is 103 Å². The molecule has 1 heterocycles. The summed E-state index contributed by atoms with van der Waals surface area (Å²) in [5.41, 5.74) is 5.74. The smallest absolute Gasteiger partial charge is 0.335 e. The first-order chi connectivity index (χ1) is 8.49. The van der Waals surface area contributed by atoms with E-state index in [0.717, 1.165) is 0 Å². The van der Waals surface area contributed by atoms with Gasteiger partial charge in [-0.05, 0) is 18.2 Å². The van der Waals surface area contributed by atoms with Crippen molar-refractivity contribution in [3.05, 3.63) is 29.8 Å². The fourth-order valence-electron chi connectivity index (χ4n) is 1.95. The Morgan fingerprint density at radius 3 is 2.67 bits per heavy atom. The lowest BCUT2D eigenvalue weighted by atomic mass is 10.1. The van der Waals surface area contributed by atoms with Crippen molar-refractivity contribution in [2.75, 3.05) is 11.4 Å². The summed E-state index contributed by atoms with van der Waals surface area (Å²) in [5, 5.41) is 8.88. The maximum atomic E-state index is 11.7. The number of carboxylic acids is 1. The normalized spacial score (nSPS) is 19.0. The minimum absolute atomic E-state index is 0.0760. The van der Waals surface area contributed by atoms with Gasteiger partial charge < -0.3 is 15.7 Å². The Bertz CT molecular complexity index is 527. The van der Waals surface area contributed by atoms with Crippen molar-refractivity contribution < 1.29 is 19.5 Å². The molecule has 1 aromatic carbocycles. The lowest BCUT2D eigenvalue weighted by Crippen LogP contribution is -2.28. The standard InChI is InChI=1S/C12H12N2O4/c13-11(16)8-5-10(15)14(6-8)9-3-1-2-7(4-9)12(17)18/h1-4,8H,5-6H2,(H2,13,16)(H,17,18). The van der Waals surface area contributed by atoms with Crippen LogP contribution in [0.5, 0.6) is 0 Å². The molecule has 1 aromatic rings. The molecule has 1 atom stereocenters. The van der Waals surface area contributed by atoms with Crippen molar-refractivity contribution in [2.45, 2.75) is 6.42 Å². The second-order valence-corrected chi connectivity index (χ2v) is 4.16. The molecule has 94 valence electrons. The zero-order chi connectivity index (χ0) is 13.3. The van der Waals surface area contributed by atoms with Crippen molar-refractivity contribution in [1.82, 2.24) is 0 Å². The van der Waals surface area contributed by atoms with Gasteiger partial charge in [0.15, 0.2) is 0 Å². The van der Waals surface area contributed by atoms with E-state index in [9.17, 15) is 14.4 Å². The van der Waals surface area contributed by atoms with Crippen LogP contribution >= 0.6 is 0 Å². The molecule has 1 aliphatic heterocycles. The van der Waals surface area contributed by atoms with Crippen LogP contribution in [0.3, 0.4) is 0 Å². The molecule has 1 aliphatic rings. The zero-order valence-corrected chi connectivity index (χ0v) is 9.50. The van der Waals surface area contributed by atoms with Crippen LogP contribution < -0.4 is 10.6 Å². The molecule has 1 fully saturated rings. The Hall–Kier alpha value is -2.37. The Balaban J connectivity index is 2.27. The van der Waals surface area contributed by atoms with E-state index in [1.54, 1.807) is 12.1 Å². The molecule has 1 saturated heterocycles. The SMILES string of the molecule is NC(=O)C1CC(=O)N(c2cccc(C(=O)O)c2)C1. The predicted octanol–water partition coefficient (Wildman–Crippen LogP) is 0.223. The van der Waals surface area contributed by atoms with E-state index in [2.05, 4.69) is 0 Å². The third-order valence-corrected chi connectivity index (χ3v) is 2.93. The first-order valence-electron chi connectivity index (χ1n) is 5.42. The fourth-order valence-corrected chi connectivity index (χ4v) is 1.95. The van der Waals surface area contributed by atoms with Gasteiger partial charge in [-0.15, -0.1) is 0 Å². The largest absolute Gasteiger partial charge is 0.478 e. The minimum Gasteiger partial charge on any atom is -0.478 e. The Kier molecular flexibility index (Phi) is 3.01. The summed E-state index contributed by atoms with van der Waals surface area (Å²) in [5.74, 6) is -2.30. The quantitative estimate of drug-likeness (QED) is 0.799. The number of carbonyl (C=O) groups excluding carboxylic acids is 2. The third kappa shape index (κ3) is 2.17. The van der Waals surface area contributed by atoms with Gasteiger partial charge in [0.25, 0.3) is 0 Å². The molecule has 2 amide bonds. The average Bonchev–Trinajstić information content (AvgIpc) is 2.72. The zero-order valence-electron chi connectivity index (χ0n) is 9.50. The lowest BCUT2D eigenvalue weighted by molar-refractivity contribution is -0.123. The molecule has 0 aromatic heterocycles. The molecule has 18 heavy (non-hydrogen) atoms. The van der Waals surface area contributed by atoms with Crippen LogP contribution in [0.4, 0.5) is 5.69 Å². The maximum absolute atomic E-state index is 11.7. The van der Waals surface area contributed by atoms with Gasteiger partial charge in [0, 0.05) is 18.7 Å². The summed E-state index contributed by atoms with van der Waals surface area (Å²) >= 11 is 0. The molecule has 3 N–H and O–H groups in total. The highest BCUT2D eigenvalue weighted by molar-refractivity contribution is 6.01. The highest BCUT2D eigenvalue weighted by Crippen LogP contribution is 2.25. The summed E-state index contributed by atoms with van der Waals surface area (Å²) in [7, 11) is 0. The van der Waals surface area contributed by atoms with Crippen molar-refractivity contribution >= 4 is 23.5 Å². The van der Waals surface area contributed by atoms with Crippen LogP contribution in [0.2, 0.25) is 0 Å². The first kappa shape index (κ1) is 12.1. The number of nitrogens with two attached hydrogens (primary N) is 1. The third-order valence-electron chi connectivity index (χ3n) is 2.93. The highest BCUT2D eigenvalue weighted by atomic mass is 16.4. The van der Waals surface area contributed by atoms with Gasteiger partial charge in [0.05, 0.1) is 11.5 Å². The summed E-state index contributed by atoms with van der Waals surface area (Å²) in [6, 6.07) is 6.04. The van der Waals surface area contributed by atoms with E-state index in [1.807, 2.05) is 0 Å². The van der Waals surface area contributed by atoms with E-state index < -0.39 is 17.8 Å². The van der Waals surface area contributed by atoms with Gasteiger partial charge in [-0.1, -0.05) is 6.07 Å². The summed E-state index contributed by atoms with van der Waals surface area (Å²) < 4.78 is 0. The van der Waals surface area contributed by atoms with Crippen LogP contribution in [0, 0.1) is 5.92 Å². The van der Waals surface area contributed by atoms with Crippen molar-refractivity contribution in [3.8, 4) is 0 Å². The molecule has 2 rings (SSSR count). The number of carboxylic acid groups (broad SMARTS) is 1. The first-order valence-corrected chi connectivity index (χ1v) is 5.42. The molecule has 0 bridgehead atoms. The molecule has 6 heteroatoms. The topological polar surface area (TPSA) is 101 Å². The lowest BCUT2D eigenvalue weighted by Gasteiger charge is -2.16. The number of nitrogens with zero attached hydrogens (tertiary/aromatic N) is 1. The molecular weight excluding hydrogens is 236 g/mol. The Morgan fingerprint density at radius 2 is 2.11 bits per heavy atom. The molecule has 0 radical (unpaired) electrons. The molecular formula is C12H12N2O4. The summed E-state index contributed by atoms with van der Waals surface area (Å²) in [6.45, 7) is 0.206. The number of carbonyl (C=O) groups is 3. The van der Waals surface area contributed by atoms with Crippen LogP contribution in [-0.4, -0.2) is 29.4 Å². The Morgan fingerprint density at radius 1 is 1.39 bits per heavy atom. The highest BCUT2D eigenvalue weighted by Gasteiger charge is 2.34. The number of aromatic carboxylic acids is 1. The van der Waals surface area contributed by atoms with Crippen LogP contribution in [0.15, 0.2) is 24.3 Å². The van der Waals surface area contributed by atoms with Crippen LogP contribution in [0.1, 0.15) is 16.8 Å². The van der Waals surface area contributed by atoms with Crippen molar-refractivity contribution in [2.24, 2.45) is 11.7 Å². The van der Waals surface area contributed by atoms with Gasteiger partial charge in [-0.3, -0.25) is 9.59 Å². The number of benzene rings is 1. The maximum Gasteiger partial charge on any atom is 0.335 e. The average molecular weight is 248 g/mol. The summed E-state index contributed by atoms with van der Waals surface area (Å²) in [6.07, 6.45) is 0.0760. The molecule has 1 unspecified atom stereocenters. The van der Waals surface area contributed by atoms with Gasteiger partial charge in [0.2, 0.25) is 11.8 Å². The molecule has 0 aliphatic carbocycles. The number of hydrogen-bond donors (Lipinski definition) is 2. The minimum atomic E-state index is -1.06. The molecule has 0 saturated carbocycles. The number of anilines is 1. The van der Waals surface area contributed by atoms with Crippen LogP contribution in [0.25, 0.3) is 0 Å². The van der Waals surface area contributed by atoms with Crippen LogP contribution in [-0.2, 0) is 9.59 Å². The van der Waals surface area contributed by atoms with Gasteiger partial charge >= 0.3 is 5.97 Å². The van der Waals surface area contributed by atoms with E-state index in [1.165, 1.54) is 17.0 Å². The number of primary amides is 1. The van der Waals surface area contributed by atoms with Gasteiger partial charge in [-0.25, -0.2) is 4.79 Å². The number of amides is 2. The molecule has 0 spiro atoms. The molecule has 6 nitrogen and oxygen atoms in total. The van der Waals surface area contributed by atoms with E-state index in [4.69, 9.17) is 10.8 Å². The van der Waals surface area contributed by atoms with Crippen molar-refractivity contribution in [3.63, 3.8) is 0 Å². The second kappa shape index (κ2) is 4.48. The van der Waals surface area contributed by atoms with Gasteiger partial charge in [0.1, 0.15) is 0 Å². The van der Waals surface area contributed by atoms with E-state index in [0.29, 0.717) is 5.69 Å².